The molecule has 3 heterocycles. The molecule has 2 aliphatic heterocycles. The molecule has 9 heteroatoms. The van der Waals surface area contributed by atoms with Gasteiger partial charge >= 0.3 is 0 Å². The zero-order valence-corrected chi connectivity index (χ0v) is 17.0. The summed E-state index contributed by atoms with van der Waals surface area (Å²) in [5, 5.41) is 2.62. The lowest BCUT2D eigenvalue weighted by Crippen LogP contribution is -2.49. The first-order valence-electron chi connectivity index (χ1n) is 9.64. The van der Waals surface area contributed by atoms with Gasteiger partial charge in [0.25, 0.3) is 5.91 Å². The maximum absolute atomic E-state index is 12.8. The second kappa shape index (κ2) is 8.28. The Morgan fingerprint density at radius 3 is 2.37 bits per heavy atom. The quantitative estimate of drug-likeness (QED) is 0.810. The van der Waals surface area contributed by atoms with Gasteiger partial charge in [0.1, 0.15) is 0 Å². The van der Waals surface area contributed by atoms with Gasteiger partial charge in [-0.25, -0.2) is 17.7 Å². The summed E-state index contributed by atoms with van der Waals surface area (Å²) >= 11 is 0. The first-order chi connectivity index (χ1) is 12.8. The third kappa shape index (κ3) is 4.52. The highest BCUT2D eigenvalue weighted by Crippen LogP contribution is 2.24. The molecule has 1 aromatic rings. The van der Waals surface area contributed by atoms with Gasteiger partial charge in [0.15, 0.2) is 5.89 Å². The van der Waals surface area contributed by atoms with E-state index in [0.717, 1.165) is 0 Å². The first-order valence-corrected chi connectivity index (χ1v) is 11.1. The van der Waals surface area contributed by atoms with E-state index in [1.807, 2.05) is 13.8 Å². The van der Waals surface area contributed by atoms with Crippen molar-refractivity contribution in [2.45, 2.75) is 63.7 Å². The van der Waals surface area contributed by atoms with E-state index < -0.39 is 10.0 Å². The van der Waals surface area contributed by atoms with Gasteiger partial charge in [-0.05, 0) is 32.6 Å². The monoisotopic (exact) mass is 399 g/mol. The smallest absolute Gasteiger partial charge is 0.289 e. The average Bonchev–Trinajstić information content (AvgIpc) is 3.05. The molecule has 2 aliphatic rings. The molecule has 8 nitrogen and oxygen atoms in total. The third-order valence-corrected chi connectivity index (χ3v) is 7.65. The summed E-state index contributed by atoms with van der Waals surface area (Å²) in [6, 6.07) is -0.0642. The highest BCUT2D eigenvalue weighted by molar-refractivity contribution is 7.89. The number of aryl methyl sites for hydroxylation is 1. The van der Waals surface area contributed by atoms with Crippen LogP contribution in [0.5, 0.6) is 0 Å². The number of amides is 1. The number of hydrogen-bond acceptors (Lipinski definition) is 6. The van der Waals surface area contributed by atoms with Crippen LogP contribution >= 0.6 is 0 Å². The lowest BCUT2D eigenvalue weighted by molar-refractivity contribution is 0.0889. The molecule has 3 rings (SSSR count). The number of nitrogens with zero attached hydrogens (tertiary/aromatic N) is 2. The van der Waals surface area contributed by atoms with Crippen LogP contribution in [0.2, 0.25) is 0 Å². The summed E-state index contributed by atoms with van der Waals surface area (Å²) in [6.45, 7) is 7.54. The van der Waals surface area contributed by atoms with Crippen molar-refractivity contribution in [1.82, 2.24) is 14.6 Å². The zero-order valence-electron chi connectivity index (χ0n) is 16.2. The van der Waals surface area contributed by atoms with Crippen LogP contribution in [0.1, 0.15) is 67.6 Å². The van der Waals surface area contributed by atoms with Crippen LogP contribution in [0, 0.1) is 6.92 Å². The Kier molecular flexibility index (Phi) is 6.22. The number of nitrogens with one attached hydrogen (secondary N) is 1. The number of piperidine rings is 1. The summed E-state index contributed by atoms with van der Waals surface area (Å²) in [5.41, 5.74) is 0.579. The summed E-state index contributed by atoms with van der Waals surface area (Å²) in [4.78, 5) is 16.8. The number of sulfonamides is 1. The molecular weight excluding hydrogens is 370 g/mol. The van der Waals surface area contributed by atoms with E-state index in [0.29, 0.717) is 63.6 Å². The van der Waals surface area contributed by atoms with Crippen LogP contribution in [0.3, 0.4) is 0 Å². The molecular formula is C18H29N3O5S. The Morgan fingerprint density at radius 1 is 1.19 bits per heavy atom. The van der Waals surface area contributed by atoms with E-state index in [1.54, 1.807) is 11.2 Å². The van der Waals surface area contributed by atoms with Gasteiger partial charge in [-0.1, -0.05) is 13.8 Å². The Balaban J connectivity index is 1.55. The number of carbonyl (C=O) groups is 1. The second-order valence-corrected chi connectivity index (χ2v) is 9.84. The molecule has 1 amide bonds. The summed E-state index contributed by atoms with van der Waals surface area (Å²) in [7, 11) is -3.29. The topological polar surface area (TPSA) is 102 Å². The molecule has 0 atom stereocenters. The van der Waals surface area contributed by atoms with E-state index in [1.165, 1.54) is 0 Å². The predicted molar refractivity (Wildman–Crippen MR) is 100 cm³/mol. The minimum absolute atomic E-state index is 0.0642. The molecule has 2 fully saturated rings. The minimum Gasteiger partial charge on any atom is -0.435 e. The number of oxazole rings is 1. The largest absolute Gasteiger partial charge is 0.435 e. The van der Waals surface area contributed by atoms with Crippen molar-refractivity contribution < 1.29 is 22.4 Å². The maximum Gasteiger partial charge on any atom is 0.289 e. The van der Waals surface area contributed by atoms with Crippen molar-refractivity contribution in [3.63, 3.8) is 0 Å². The van der Waals surface area contributed by atoms with Crippen molar-refractivity contribution in [2.75, 3.05) is 26.3 Å². The molecule has 0 bridgehead atoms. The number of aromatic nitrogens is 1. The molecule has 0 saturated carbocycles. The second-order valence-electron chi connectivity index (χ2n) is 7.62. The summed E-state index contributed by atoms with van der Waals surface area (Å²) in [5.74, 6) is 0.632. The highest BCUT2D eigenvalue weighted by atomic mass is 32.2. The van der Waals surface area contributed by atoms with Crippen molar-refractivity contribution >= 4 is 15.9 Å². The van der Waals surface area contributed by atoms with Gasteiger partial charge in [0, 0.05) is 38.3 Å². The maximum atomic E-state index is 12.8. The Bertz CT molecular complexity index is 760. The van der Waals surface area contributed by atoms with E-state index in [-0.39, 0.29) is 28.9 Å². The van der Waals surface area contributed by atoms with Crippen LogP contribution in [-0.4, -0.2) is 61.2 Å². The summed E-state index contributed by atoms with van der Waals surface area (Å²) < 4.78 is 38.0. The fourth-order valence-electron chi connectivity index (χ4n) is 3.57. The molecule has 27 heavy (non-hydrogen) atoms. The van der Waals surface area contributed by atoms with Gasteiger partial charge in [-0.15, -0.1) is 0 Å². The molecule has 2 saturated heterocycles. The van der Waals surface area contributed by atoms with Crippen LogP contribution in [0.15, 0.2) is 4.42 Å². The third-order valence-electron chi connectivity index (χ3n) is 5.25. The molecule has 1 aromatic heterocycles. The van der Waals surface area contributed by atoms with Crippen LogP contribution < -0.4 is 5.32 Å². The van der Waals surface area contributed by atoms with Gasteiger partial charge < -0.3 is 14.5 Å². The van der Waals surface area contributed by atoms with Crippen LogP contribution in [0.25, 0.3) is 0 Å². The summed E-state index contributed by atoms with van der Waals surface area (Å²) in [6.07, 6.45) is 2.31. The number of ether oxygens (including phenoxy) is 1. The van der Waals surface area contributed by atoms with E-state index in [9.17, 15) is 13.2 Å². The van der Waals surface area contributed by atoms with Gasteiger partial charge in [0.2, 0.25) is 15.8 Å². The lowest BCUT2D eigenvalue weighted by Gasteiger charge is -2.34. The molecule has 0 unspecified atom stereocenters. The predicted octanol–water partition coefficient (Wildman–Crippen LogP) is 1.81. The van der Waals surface area contributed by atoms with Crippen molar-refractivity contribution in [1.29, 1.82) is 0 Å². The lowest BCUT2D eigenvalue weighted by atomic mass is 10.1. The van der Waals surface area contributed by atoms with Crippen molar-refractivity contribution in [3.05, 3.63) is 17.3 Å². The SMILES string of the molecule is Cc1nc(C(C)C)oc1C(=O)NC1CCN(S(=O)(=O)C2CCOCC2)CC1. The van der Waals surface area contributed by atoms with Crippen molar-refractivity contribution in [2.24, 2.45) is 0 Å². The standard InChI is InChI=1S/C18H29N3O5S/c1-12(2)18-19-13(3)16(26-18)17(22)20-14-4-8-21(9-5-14)27(23,24)15-6-10-25-11-7-15/h12,14-15H,4-11H2,1-3H3,(H,20,22). The molecule has 0 aromatic carbocycles. The zero-order chi connectivity index (χ0) is 19.6. The van der Waals surface area contributed by atoms with Crippen molar-refractivity contribution in [3.8, 4) is 0 Å². The first kappa shape index (κ1) is 20.3. The molecule has 0 aliphatic carbocycles. The van der Waals surface area contributed by atoms with E-state index >= 15 is 0 Å². The van der Waals surface area contributed by atoms with Gasteiger partial charge in [0.05, 0.1) is 10.9 Å². The minimum atomic E-state index is -3.29. The van der Waals surface area contributed by atoms with E-state index in [2.05, 4.69) is 10.3 Å². The molecule has 152 valence electrons. The van der Waals surface area contributed by atoms with Gasteiger partial charge in [-0.3, -0.25) is 4.79 Å². The fourth-order valence-corrected chi connectivity index (χ4v) is 5.49. The number of carbonyl (C=O) groups excluding carboxylic acids is 1. The number of rotatable bonds is 5. The van der Waals surface area contributed by atoms with Crippen LogP contribution in [0.4, 0.5) is 0 Å². The Morgan fingerprint density at radius 2 is 1.81 bits per heavy atom. The van der Waals surface area contributed by atoms with E-state index in [4.69, 9.17) is 9.15 Å². The average molecular weight is 400 g/mol. The van der Waals surface area contributed by atoms with Gasteiger partial charge in [-0.2, -0.15) is 0 Å². The van der Waals surface area contributed by atoms with Crippen LogP contribution in [-0.2, 0) is 14.8 Å². The Labute approximate surface area is 160 Å². The normalized spacial score (nSPS) is 20.9. The Hall–Kier alpha value is -1.45. The number of hydrogen-bond donors (Lipinski definition) is 1. The molecule has 0 radical (unpaired) electrons. The highest BCUT2D eigenvalue weighted by Gasteiger charge is 2.36. The molecule has 1 N–H and O–H groups in total. The fraction of sp³-hybridized carbons (Fsp3) is 0.778. The molecule has 0 spiro atoms.